The zero-order chi connectivity index (χ0) is 11.1. The monoisotopic (exact) mass is 266 g/mol. The van der Waals surface area contributed by atoms with Crippen LogP contribution in [0.25, 0.3) is 0 Å². The van der Waals surface area contributed by atoms with Gasteiger partial charge in [0, 0.05) is 16.8 Å². The molecule has 1 aromatic rings. The first-order chi connectivity index (χ1) is 6.99. The topological polar surface area (TPSA) is 17.1 Å². The molecule has 2 rings (SSSR count). The zero-order valence-corrected chi connectivity index (χ0v) is 10.7. The normalized spacial score (nSPS) is 22.5. The third-order valence-corrected chi connectivity index (χ3v) is 3.66. The summed E-state index contributed by atoms with van der Waals surface area (Å²) in [6.45, 7) is 4.33. The average Bonchev–Trinajstić information content (AvgIpc) is 2.75. The summed E-state index contributed by atoms with van der Waals surface area (Å²) in [6, 6.07) is 7.99. The van der Waals surface area contributed by atoms with Gasteiger partial charge in [-0.25, -0.2) is 0 Å². The van der Waals surface area contributed by atoms with Crippen molar-refractivity contribution in [2.75, 3.05) is 0 Å². The number of ketones is 1. The van der Waals surface area contributed by atoms with Gasteiger partial charge in [0.1, 0.15) is 5.78 Å². The van der Waals surface area contributed by atoms with E-state index in [0.29, 0.717) is 12.2 Å². The Kier molecular flexibility index (Phi) is 2.72. The maximum Gasteiger partial charge on any atom is 0.140 e. The van der Waals surface area contributed by atoms with Gasteiger partial charge in [-0.2, -0.15) is 0 Å². The molecule has 0 radical (unpaired) electrons. The summed E-state index contributed by atoms with van der Waals surface area (Å²) in [4.78, 5) is 11.9. The summed E-state index contributed by atoms with van der Waals surface area (Å²) in [6.07, 6.45) is 1.63. The van der Waals surface area contributed by atoms with Crippen LogP contribution in [-0.4, -0.2) is 5.78 Å². The molecule has 0 aliphatic heterocycles. The molecular formula is C13H15BrO. The molecule has 1 atom stereocenters. The third kappa shape index (κ3) is 2.49. The van der Waals surface area contributed by atoms with E-state index in [1.807, 2.05) is 24.3 Å². The van der Waals surface area contributed by atoms with E-state index in [-0.39, 0.29) is 11.3 Å². The Morgan fingerprint density at radius 2 is 2.20 bits per heavy atom. The Balaban J connectivity index is 2.01. The van der Waals surface area contributed by atoms with Crippen LogP contribution in [0.3, 0.4) is 0 Å². The molecule has 0 N–H and O–H groups in total. The number of benzene rings is 1. The van der Waals surface area contributed by atoms with Gasteiger partial charge in [-0.05, 0) is 29.5 Å². The van der Waals surface area contributed by atoms with Crippen molar-refractivity contribution in [2.45, 2.75) is 26.7 Å². The number of hydrogen-bond donors (Lipinski definition) is 0. The number of halogens is 1. The molecule has 1 unspecified atom stereocenters. The van der Waals surface area contributed by atoms with Crippen molar-refractivity contribution in [1.29, 1.82) is 0 Å². The van der Waals surface area contributed by atoms with Gasteiger partial charge in [0.25, 0.3) is 0 Å². The second kappa shape index (κ2) is 3.75. The SMILES string of the molecule is CC1(C)CC1C(=O)Cc1cccc(Br)c1. The second-order valence-corrected chi connectivity index (χ2v) is 5.93. The highest BCUT2D eigenvalue weighted by Crippen LogP contribution is 2.52. The Morgan fingerprint density at radius 3 is 2.73 bits per heavy atom. The number of rotatable bonds is 3. The van der Waals surface area contributed by atoms with E-state index in [1.165, 1.54) is 0 Å². The summed E-state index contributed by atoms with van der Waals surface area (Å²) in [5, 5.41) is 0. The quantitative estimate of drug-likeness (QED) is 0.817. The van der Waals surface area contributed by atoms with Crippen molar-refractivity contribution >= 4 is 21.7 Å². The summed E-state index contributed by atoms with van der Waals surface area (Å²) in [5.74, 6) is 0.676. The molecule has 0 heterocycles. The van der Waals surface area contributed by atoms with Gasteiger partial charge in [-0.1, -0.05) is 41.9 Å². The largest absolute Gasteiger partial charge is 0.299 e. The smallest absolute Gasteiger partial charge is 0.140 e. The lowest BCUT2D eigenvalue weighted by molar-refractivity contribution is -0.120. The lowest BCUT2D eigenvalue weighted by atomic mass is 10.0. The average molecular weight is 267 g/mol. The molecule has 80 valence electrons. The first-order valence-electron chi connectivity index (χ1n) is 5.26. The molecule has 15 heavy (non-hydrogen) atoms. The lowest BCUT2D eigenvalue weighted by Gasteiger charge is -2.03. The van der Waals surface area contributed by atoms with Crippen LogP contribution < -0.4 is 0 Å². The Morgan fingerprint density at radius 1 is 1.53 bits per heavy atom. The van der Waals surface area contributed by atoms with Crippen LogP contribution in [0.2, 0.25) is 0 Å². The van der Waals surface area contributed by atoms with Crippen molar-refractivity contribution < 1.29 is 4.79 Å². The fourth-order valence-corrected chi connectivity index (χ4v) is 2.43. The molecule has 0 aromatic heterocycles. The minimum absolute atomic E-state index is 0.253. The van der Waals surface area contributed by atoms with E-state index >= 15 is 0 Å². The van der Waals surface area contributed by atoms with Gasteiger partial charge in [0.2, 0.25) is 0 Å². The predicted molar refractivity (Wildman–Crippen MR) is 64.7 cm³/mol. The molecule has 0 saturated heterocycles. The van der Waals surface area contributed by atoms with Crippen molar-refractivity contribution in [2.24, 2.45) is 11.3 Å². The van der Waals surface area contributed by atoms with Crippen LogP contribution in [0.15, 0.2) is 28.7 Å². The molecule has 1 saturated carbocycles. The van der Waals surface area contributed by atoms with Crippen molar-refractivity contribution in [3.05, 3.63) is 34.3 Å². The van der Waals surface area contributed by atoms with E-state index in [2.05, 4.69) is 29.8 Å². The molecule has 1 aliphatic carbocycles. The maximum absolute atomic E-state index is 11.9. The van der Waals surface area contributed by atoms with Crippen molar-refractivity contribution in [3.63, 3.8) is 0 Å². The van der Waals surface area contributed by atoms with Crippen LogP contribution >= 0.6 is 15.9 Å². The molecule has 0 amide bonds. The Bertz CT molecular complexity index is 395. The number of Topliss-reactive ketones (excluding diaryl/α,β-unsaturated/α-hetero) is 1. The Hall–Kier alpha value is -0.630. The highest BCUT2D eigenvalue weighted by Gasteiger charge is 2.49. The molecule has 1 aromatic carbocycles. The van der Waals surface area contributed by atoms with Crippen LogP contribution in [0, 0.1) is 11.3 Å². The standard InChI is InChI=1S/C13H15BrO/c1-13(2)8-11(13)12(15)7-9-4-3-5-10(14)6-9/h3-6,11H,7-8H2,1-2H3. The van der Waals surface area contributed by atoms with Crippen LogP contribution in [0.5, 0.6) is 0 Å². The first-order valence-corrected chi connectivity index (χ1v) is 6.05. The number of carbonyl (C=O) groups excluding carboxylic acids is 1. The molecule has 2 heteroatoms. The molecule has 0 bridgehead atoms. The molecule has 1 fully saturated rings. The molecule has 1 nitrogen and oxygen atoms in total. The van der Waals surface area contributed by atoms with Crippen molar-refractivity contribution in [1.82, 2.24) is 0 Å². The minimum Gasteiger partial charge on any atom is -0.299 e. The van der Waals surface area contributed by atoms with E-state index in [9.17, 15) is 4.79 Å². The summed E-state index contributed by atoms with van der Waals surface area (Å²) in [7, 11) is 0. The summed E-state index contributed by atoms with van der Waals surface area (Å²) < 4.78 is 1.04. The molecule has 0 spiro atoms. The molecular weight excluding hydrogens is 252 g/mol. The van der Waals surface area contributed by atoms with Crippen LogP contribution in [0.1, 0.15) is 25.8 Å². The Labute approximate surface area is 99.0 Å². The summed E-state index contributed by atoms with van der Waals surface area (Å²) in [5.41, 5.74) is 1.36. The number of carbonyl (C=O) groups is 1. The van der Waals surface area contributed by atoms with E-state index in [4.69, 9.17) is 0 Å². The van der Waals surface area contributed by atoms with Gasteiger partial charge in [0.15, 0.2) is 0 Å². The highest BCUT2D eigenvalue weighted by atomic mass is 79.9. The van der Waals surface area contributed by atoms with E-state index in [1.54, 1.807) is 0 Å². The fourth-order valence-electron chi connectivity index (χ4n) is 1.99. The van der Waals surface area contributed by atoms with Crippen LogP contribution in [0.4, 0.5) is 0 Å². The third-order valence-electron chi connectivity index (χ3n) is 3.17. The highest BCUT2D eigenvalue weighted by molar-refractivity contribution is 9.10. The summed E-state index contributed by atoms with van der Waals surface area (Å²) >= 11 is 3.42. The first kappa shape index (κ1) is 10.9. The van der Waals surface area contributed by atoms with E-state index < -0.39 is 0 Å². The minimum atomic E-state index is 0.253. The predicted octanol–water partition coefficient (Wildman–Crippen LogP) is 3.61. The number of hydrogen-bond acceptors (Lipinski definition) is 1. The fraction of sp³-hybridized carbons (Fsp3) is 0.462. The van der Waals surface area contributed by atoms with Crippen LogP contribution in [-0.2, 0) is 11.2 Å². The van der Waals surface area contributed by atoms with Gasteiger partial charge in [-0.3, -0.25) is 4.79 Å². The molecule has 1 aliphatic rings. The second-order valence-electron chi connectivity index (χ2n) is 5.02. The van der Waals surface area contributed by atoms with Gasteiger partial charge >= 0.3 is 0 Å². The van der Waals surface area contributed by atoms with Crippen molar-refractivity contribution in [3.8, 4) is 0 Å². The van der Waals surface area contributed by atoms with Gasteiger partial charge in [0.05, 0.1) is 0 Å². The van der Waals surface area contributed by atoms with E-state index in [0.717, 1.165) is 16.5 Å². The lowest BCUT2D eigenvalue weighted by Crippen LogP contribution is -2.09. The maximum atomic E-state index is 11.9. The van der Waals surface area contributed by atoms with Gasteiger partial charge in [-0.15, -0.1) is 0 Å². The van der Waals surface area contributed by atoms with Gasteiger partial charge < -0.3 is 0 Å². The zero-order valence-electron chi connectivity index (χ0n) is 9.09.